The SMILES string of the molecule is COc1ccc(Cl)cc1NC(=O)Nc1nn(Cc2ccc(C)cc2)cc1Br. The van der Waals surface area contributed by atoms with E-state index in [9.17, 15) is 4.79 Å². The summed E-state index contributed by atoms with van der Waals surface area (Å²) in [5.41, 5.74) is 2.80. The molecule has 1 heterocycles. The van der Waals surface area contributed by atoms with Crippen LogP contribution in [0, 0.1) is 6.92 Å². The first-order valence-corrected chi connectivity index (χ1v) is 9.32. The summed E-state index contributed by atoms with van der Waals surface area (Å²) in [6.45, 7) is 2.65. The van der Waals surface area contributed by atoms with E-state index in [2.05, 4.69) is 55.9 Å². The Balaban J connectivity index is 1.69. The van der Waals surface area contributed by atoms with Gasteiger partial charge in [0.15, 0.2) is 5.82 Å². The molecule has 0 saturated carbocycles. The van der Waals surface area contributed by atoms with Gasteiger partial charge in [-0.1, -0.05) is 41.4 Å². The quantitative estimate of drug-likeness (QED) is 0.555. The molecule has 8 heteroatoms. The average Bonchev–Trinajstić information content (AvgIpc) is 2.96. The van der Waals surface area contributed by atoms with Crippen LogP contribution in [0.2, 0.25) is 5.02 Å². The molecular weight excluding hydrogens is 432 g/mol. The van der Waals surface area contributed by atoms with Crippen molar-refractivity contribution in [3.05, 3.63) is 69.3 Å². The number of hydrogen-bond acceptors (Lipinski definition) is 3. The molecule has 0 unspecified atom stereocenters. The Hall–Kier alpha value is -2.51. The van der Waals surface area contributed by atoms with Crippen LogP contribution in [-0.4, -0.2) is 22.9 Å². The Kier molecular flexibility index (Phi) is 6.03. The van der Waals surface area contributed by atoms with E-state index in [-0.39, 0.29) is 0 Å². The highest BCUT2D eigenvalue weighted by Gasteiger charge is 2.13. The maximum absolute atomic E-state index is 12.3. The van der Waals surface area contributed by atoms with Crippen molar-refractivity contribution in [2.24, 2.45) is 0 Å². The van der Waals surface area contributed by atoms with Crippen LogP contribution in [-0.2, 0) is 6.54 Å². The van der Waals surface area contributed by atoms with Crippen molar-refractivity contribution in [3.63, 3.8) is 0 Å². The van der Waals surface area contributed by atoms with E-state index in [0.717, 1.165) is 5.56 Å². The molecule has 0 atom stereocenters. The van der Waals surface area contributed by atoms with Crippen LogP contribution < -0.4 is 15.4 Å². The summed E-state index contributed by atoms with van der Waals surface area (Å²) in [6, 6.07) is 12.8. The molecular formula is C19H18BrClN4O2. The zero-order valence-electron chi connectivity index (χ0n) is 14.8. The molecule has 2 amide bonds. The Bertz CT molecular complexity index is 957. The maximum Gasteiger partial charge on any atom is 0.325 e. The van der Waals surface area contributed by atoms with Crippen LogP contribution >= 0.6 is 27.5 Å². The topological polar surface area (TPSA) is 68.2 Å². The number of nitrogens with zero attached hydrogens (tertiary/aromatic N) is 2. The third-order valence-corrected chi connectivity index (χ3v) is 4.64. The highest BCUT2D eigenvalue weighted by Crippen LogP contribution is 2.28. The molecule has 0 fully saturated rings. The van der Waals surface area contributed by atoms with Crippen molar-refractivity contribution < 1.29 is 9.53 Å². The number of ether oxygens (including phenoxy) is 1. The summed E-state index contributed by atoms with van der Waals surface area (Å²) < 4.78 is 7.66. The van der Waals surface area contributed by atoms with Gasteiger partial charge in [0, 0.05) is 11.2 Å². The molecule has 0 spiro atoms. The first kappa shape index (κ1) is 19.3. The van der Waals surface area contributed by atoms with Crippen LogP contribution in [0.4, 0.5) is 16.3 Å². The van der Waals surface area contributed by atoms with E-state index in [1.807, 2.05) is 13.1 Å². The van der Waals surface area contributed by atoms with E-state index < -0.39 is 6.03 Å². The zero-order chi connectivity index (χ0) is 19.4. The molecule has 1 aromatic heterocycles. The number of amides is 2. The number of nitrogens with one attached hydrogen (secondary N) is 2. The highest BCUT2D eigenvalue weighted by molar-refractivity contribution is 9.10. The number of carbonyl (C=O) groups is 1. The van der Waals surface area contributed by atoms with Gasteiger partial charge >= 0.3 is 6.03 Å². The highest BCUT2D eigenvalue weighted by atomic mass is 79.9. The first-order valence-electron chi connectivity index (χ1n) is 8.14. The number of hydrogen-bond donors (Lipinski definition) is 2. The van der Waals surface area contributed by atoms with E-state index in [0.29, 0.717) is 33.3 Å². The molecule has 0 aliphatic carbocycles. The Labute approximate surface area is 170 Å². The van der Waals surface area contributed by atoms with Crippen LogP contribution in [0.3, 0.4) is 0 Å². The molecule has 0 aliphatic heterocycles. The fourth-order valence-corrected chi connectivity index (χ4v) is 3.07. The van der Waals surface area contributed by atoms with Gasteiger partial charge in [-0.2, -0.15) is 5.10 Å². The van der Waals surface area contributed by atoms with Crippen molar-refractivity contribution in [3.8, 4) is 5.75 Å². The number of carbonyl (C=O) groups excluding carboxylic acids is 1. The van der Waals surface area contributed by atoms with Crippen LogP contribution in [0.1, 0.15) is 11.1 Å². The maximum atomic E-state index is 12.3. The molecule has 0 saturated heterocycles. The second kappa shape index (κ2) is 8.45. The minimum atomic E-state index is -0.447. The Morgan fingerprint density at radius 2 is 1.96 bits per heavy atom. The zero-order valence-corrected chi connectivity index (χ0v) is 17.1. The monoisotopic (exact) mass is 448 g/mol. The standard InChI is InChI=1S/C19H18BrClN4O2/c1-12-3-5-13(6-4-12)10-25-11-15(20)18(24-25)23-19(26)22-16-9-14(21)7-8-17(16)27-2/h3-9,11H,10H2,1-2H3,(H2,22,23,24,26). The van der Waals surface area contributed by atoms with Gasteiger partial charge in [-0.25, -0.2) is 4.79 Å². The van der Waals surface area contributed by atoms with E-state index in [1.54, 1.807) is 22.9 Å². The summed E-state index contributed by atoms with van der Waals surface area (Å²) in [4.78, 5) is 12.3. The predicted molar refractivity (Wildman–Crippen MR) is 111 cm³/mol. The first-order chi connectivity index (χ1) is 12.9. The Morgan fingerprint density at radius 1 is 1.22 bits per heavy atom. The van der Waals surface area contributed by atoms with Crippen molar-refractivity contribution in [1.82, 2.24) is 9.78 Å². The summed E-state index contributed by atoms with van der Waals surface area (Å²) >= 11 is 9.41. The number of urea groups is 1. The van der Waals surface area contributed by atoms with Crippen LogP contribution in [0.5, 0.6) is 5.75 Å². The Morgan fingerprint density at radius 3 is 2.67 bits per heavy atom. The van der Waals surface area contributed by atoms with Gasteiger partial charge in [0.05, 0.1) is 23.8 Å². The number of methoxy groups -OCH3 is 1. The molecule has 0 aliphatic rings. The number of benzene rings is 2. The van der Waals surface area contributed by atoms with Crippen molar-refractivity contribution in [2.75, 3.05) is 17.7 Å². The lowest BCUT2D eigenvalue weighted by Crippen LogP contribution is -2.20. The summed E-state index contributed by atoms with van der Waals surface area (Å²) in [6.07, 6.45) is 1.81. The molecule has 0 bridgehead atoms. The number of halogens is 2. The third kappa shape index (κ3) is 5.02. The molecule has 2 aromatic carbocycles. The predicted octanol–water partition coefficient (Wildman–Crippen LogP) is 5.31. The van der Waals surface area contributed by atoms with Gasteiger partial charge in [0.2, 0.25) is 0 Å². The largest absolute Gasteiger partial charge is 0.495 e. The lowest BCUT2D eigenvalue weighted by molar-refractivity contribution is 0.262. The minimum Gasteiger partial charge on any atom is -0.495 e. The molecule has 0 radical (unpaired) electrons. The lowest BCUT2D eigenvalue weighted by atomic mass is 10.1. The second-order valence-electron chi connectivity index (χ2n) is 5.93. The van der Waals surface area contributed by atoms with Gasteiger partial charge in [-0.05, 0) is 46.6 Å². The fraction of sp³-hybridized carbons (Fsp3) is 0.158. The summed E-state index contributed by atoms with van der Waals surface area (Å²) in [5, 5.41) is 10.3. The summed E-state index contributed by atoms with van der Waals surface area (Å²) in [5.74, 6) is 0.930. The van der Waals surface area contributed by atoms with Gasteiger partial charge in [-0.3, -0.25) is 10.00 Å². The molecule has 3 aromatic rings. The van der Waals surface area contributed by atoms with Gasteiger partial charge in [-0.15, -0.1) is 0 Å². The van der Waals surface area contributed by atoms with Gasteiger partial charge in [0.25, 0.3) is 0 Å². The van der Waals surface area contributed by atoms with E-state index in [4.69, 9.17) is 16.3 Å². The molecule has 2 N–H and O–H groups in total. The van der Waals surface area contributed by atoms with Crippen molar-refractivity contribution >= 4 is 45.1 Å². The van der Waals surface area contributed by atoms with Gasteiger partial charge in [0.1, 0.15) is 5.75 Å². The normalized spacial score (nSPS) is 10.5. The van der Waals surface area contributed by atoms with Crippen molar-refractivity contribution in [2.45, 2.75) is 13.5 Å². The smallest absolute Gasteiger partial charge is 0.325 e. The molecule has 3 rings (SSSR count). The fourth-order valence-electron chi connectivity index (χ4n) is 2.48. The third-order valence-electron chi connectivity index (χ3n) is 3.82. The minimum absolute atomic E-state index is 0.417. The molecule has 140 valence electrons. The van der Waals surface area contributed by atoms with Crippen molar-refractivity contribution in [1.29, 1.82) is 0 Å². The van der Waals surface area contributed by atoms with Crippen LogP contribution in [0.25, 0.3) is 0 Å². The number of aryl methyl sites for hydroxylation is 1. The lowest BCUT2D eigenvalue weighted by Gasteiger charge is -2.10. The van der Waals surface area contributed by atoms with E-state index in [1.165, 1.54) is 12.7 Å². The molecule has 6 nitrogen and oxygen atoms in total. The summed E-state index contributed by atoms with van der Waals surface area (Å²) in [7, 11) is 1.52. The molecule has 27 heavy (non-hydrogen) atoms. The number of anilines is 2. The van der Waals surface area contributed by atoms with Crippen LogP contribution in [0.15, 0.2) is 53.1 Å². The van der Waals surface area contributed by atoms with E-state index >= 15 is 0 Å². The average molecular weight is 450 g/mol. The number of aromatic nitrogens is 2. The number of rotatable bonds is 5. The van der Waals surface area contributed by atoms with Gasteiger partial charge < -0.3 is 10.1 Å². The second-order valence-corrected chi connectivity index (χ2v) is 7.22.